The second-order valence-corrected chi connectivity index (χ2v) is 7.25. The first-order valence-corrected chi connectivity index (χ1v) is 9.83. The molecule has 4 rings (SSSR count). The molecule has 1 aromatic heterocycles. The fourth-order valence-electron chi connectivity index (χ4n) is 3.72. The normalized spacial score (nSPS) is 19.3. The average Bonchev–Trinajstić information content (AvgIpc) is 3.14. The predicted octanol–water partition coefficient (Wildman–Crippen LogP) is 1.87. The second-order valence-electron chi connectivity index (χ2n) is 7.25. The maximum atomic E-state index is 12.2. The largest absolute Gasteiger partial charge is 0.442 e. The highest BCUT2D eigenvalue weighted by atomic mass is 16.6. The summed E-state index contributed by atoms with van der Waals surface area (Å²) in [6.07, 6.45) is 2.95. The number of amides is 2. The number of cyclic esters (lactones) is 1. The van der Waals surface area contributed by atoms with Gasteiger partial charge in [-0.1, -0.05) is 0 Å². The van der Waals surface area contributed by atoms with Crippen LogP contribution in [0.3, 0.4) is 0 Å². The van der Waals surface area contributed by atoms with Gasteiger partial charge in [0.1, 0.15) is 6.10 Å². The van der Waals surface area contributed by atoms with Crippen molar-refractivity contribution < 1.29 is 14.3 Å². The molecule has 29 heavy (non-hydrogen) atoms. The summed E-state index contributed by atoms with van der Waals surface area (Å²) in [4.78, 5) is 33.6. The third kappa shape index (κ3) is 4.42. The van der Waals surface area contributed by atoms with Gasteiger partial charge >= 0.3 is 6.09 Å². The fourth-order valence-corrected chi connectivity index (χ4v) is 3.72. The van der Waals surface area contributed by atoms with Gasteiger partial charge < -0.3 is 19.9 Å². The number of carbonyl (C=O) groups is 2. The van der Waals surface area contributed by atoms with Crippen molar-refractivity contribution in [2.45, 2.75) is 13.0 Å². The first-order chi connectivity index (χ1) is 14.1. The standard InChI is InChI=1S/C21H25N5O3/c1-16(27)23-14-20-15-26(21(28)29-20)19-4-2-17(3-5-19)24-10-12-25(13-11-24)18-6-8-22-9-7-18/h2-9,20H,10-15H2,1H3,(H,23,27)/t20-/m0/s1. The Morgan fingerprint density at radius 3 is 2.14 bits per heavy atom. The summed E-state index contributed by atoms with van der Waals surface area (Å²) in [6.45, 7) is 5.99. The molecular formula is C21H25N5O3. The lowest BCUT2D eigenvalue weighted by Crippen LogP contribution is -2.46. The third-order valence-electron chi connectivity index (χ3n) is 5.29. The van der Waals surface area contributed by atoms with E-state index < -0.39 is 0 Å². The number of pyridine rings is 1. The van der Waals surface area contributed by atoms with E-state index in [9.17, 15) is 9.59 Å². The van der Waals surface area contributed by atoms with Gasteiger partial charge in [-0.3, -0.25) is 14.7 Å². The molecule has 2 fully saturated rings. The van der Waals surface area contributed by atoms with E-state index >= 15 is 0 Å². The molecular weight excluding hydrogens is 370 g/mol. The Hall–Kier alpha value is -3.29. The molecule has 0 saturated carbocycles. The highest BCUT2D eigenvalue weighted by Crippen LogP contribution is 2.26. The smallest absolute Gasteiger partial charge is 0.414 e. The van der Waals surface area contributed by atoms with Crippen LogP contribution in [0.2, 0.25) is 0 Å². The monoisotopic (exact) mass is 395 g/mol. The minimum Gasteiger partial charge on any atom is -0.442 e. The van der Waals surface area contributed by atoms with Crippen molar-refractivity contribution in [3.8, 4) is 0 Å². The highest BCUT2D eigenvalue weighted by molar-refractivity contribution is 5.90. The minimum atomic E-state index is -0.376. The zero-order valence-electron chi connectivity index (χ0n) is 16.5. The second kappa shape index (κ2) is 8.38. The van der Waals surface area contributed by atoms with Crippen molar-refractivity contribution in [1.29, 1.82) is 0 Å². The summed E-state index contributed by atoms with van der Waals surface area (Å²) >= 11 is 0. The molecule has 2 saturated heterocycles. The van der Waals surface area contributed by atoms with Gasteiger partial charge in [0, 0.05) is 62.6 Å². The van der Waals surface area contributed by atoms with Crippen molar-refractivity contribution in [3.05, 3.63) is 48.8 Å². The zero-order chi connectivity index (χ0) is 20.2. The number of hydrogen-bond acceptors (Lipinski definition) is 6. The summed E-state index contributed by atoms with van der Waals surface area (Å²) < 4.78 is 5.33. The molecule has 2 aromatic rings. The van der Waals surface area contributed by atoms with E-state index in [0.29, 0.717) is 13.1 Å². The molecule has 0 unspecified atom stereocenters. The minimum absolute atomic E-state index is 0.132. The first-order valence-electron chi connectivity index (χ1n) is 9.83. The predicted molar refractivity (Wildman–Crippen MR) is 111 cm³/mol. The Morgan fingerprint density at radius 1 is 1.00 bits per heavy atom. The molecule has 152 valence electrons. The van der Waals surface area contributed by atoms with Crippen LogP contribution in [0.5, 0.6) is 0 Å². The van der Waals surface area contributed by atoms with Crippen LogP contribution in [0.4, 0.5) is 21.9 Å². The Bertz CT molecular complexity index is 850. The highest BCUT2D eigenvalue weighted by Gasteiger charge is 2.32. The first kappa shape index (κ1) is 19.0. The quantitative estimate of drug-likeness (QED) is 0.833. The van der Waals surface area contributed by atoms with Gasteiger partial charge in [0.05, 0.1) is 13.1 Å². The number of ether oxygens (including phenoxy) is 1. The van der Waals surface area contributed by atoms with Crippen LogP contribution in [0.1, 0.15) is 6.92 Å². The zero-order valence-corrected chi connectivity index (χ0v) is 16.5. The summed E-state index contributed by atoms with van der Waals surface area (Å²) in [5.74, 6) is -0.132. The maximum absolute atomic E-state index is 12.2. The van der Waals surface area contributed by atoms with E-state index in [4.69, 9.17) is 4.74 Å². The van der Waals surface area contributed by atoms with Gasteiger partial charge in [-0.05, 0) is 36.4 Å². The lowest BCUT2D eigenvalue weighted by Gasteiger charge is -2.37. The average molecular weight is 395 g/mol. The molecule has 1 aromatic carbocycles. The Morgan fingerprint density at radius 2 is 1.55 bits per heavy atom. The number of benzene rings is 1. The maximum Gasteiger partial charge on any atom is 0.414 e. The fraction of sp³-hybridized carbons (Fsp3) is 0.381. The van der Waals surface area contributed by atoms with Crippen LogP contribution in [0.15, 0.2) is 48.8 Å². The van der Waals surface area contributed by atoms with Crippen LogP contribution >= 0.6 is 0 Å². The summed E-state index contributed by atoms with van der Waals surface area (Å²) in [5, 5.41) is 2.69. The molecule has 1 N–H and O–H groups in total. The van der Waals surface area contributed by atoms with Crippen LogP contribution in [-0.4, -0.2) is 62.4 Å². The number of rotatable bonds is 5. The van der Waals surface area contributed by atoms with E-state index in [2.05, 4.69) is 20.1 Å². The SMILES string of the molecule is CC(=O)NC[C@H]1CN(c2ccc(N3CCN(c4ccncc4)CC3)cc2)C(=O)O1. The Kier molecular flexibility index (Phi) is 5.50. The number of anilines is 3. The molecule has 2 aliphatic rings. The molecule has 2 amide bonds. The Balaban J connectivity index is 1.34. The number of aromatic nitrogens is 1. The van der Waals surface area contributed by atoms with E-state index in [0.717, 1.165) is 37.6 Å². The van der Waals surface area contributed by atoms with Crippen LogP contribution in [0.25, 0.3) is 0 Å². The number of carbonyl (C=O) groups excluding carboxylic acids is 2. The van der Waals surface area contributed by atoms with Gasteiger partial charge in [0.15, 0.2) is 0 Å². The third-order valence-corrected chi connectivity index (χ3v) is 5.29. The molecule has 8 nitrogen and oxygen atoms in total. The molecule has 0 radical (unpaired) electrons. The van der Waals surface area contributed by atoms with Crippen molar-refractivity contribution in [1.82, 2.24) is 10.3 Å². The van der Waals surface area contributed by atoms with Crippen molar-refractivity contribution in [2.24, 2.45) is 0 Å². The molecule has 1 atom stereocenters. The van der Waals surface area contributed by atoms with E-state index in [-0.39, 0.29) is 18.1 Å². The molecule has 8 heteroatoms. The lowest BCUT2D eigenvalue weighted by atomic mass is 10.2. The van der Waals surface area contributed by atoms with Crippen LogP contribution in [-0.2, 0) is 9.53 Å². The number of nitrogens with zero attached hydrogens (tertiary/aromatic N) is 4. The number of hydrogen-bond donors (Lipinski definition) is 1. The molecule has 0 spiro atoms. The van der Waals surface area contributed by atoms with Crippen molar-refractivity contribution in [2.75, 3.05) is 54.0 Å². The van der Waals surface area contributed by atoms with Crippen LogP contribution in [0, 0.1) is 0 Å². The number of nitrogens with one attached hydrogen (secondary N) is 1. The molecule has 0 aliphatic carbocycles. The van der Waals surface area contributed by atoms with Gasteiger partial charge in [0.2, 0.25) is 5.91 Å². The van der Waals surface area contributed by atoms with Gasteiger partial charge in [-0.2, -0.15) is 0 Å². The molecule has 0 bridgehead atoms. The topological polar surface area (TPSA) is 78.0 Å². The summed E-state index contributed by atoms with van der Waals surface area (Å²) in [7, 11) is 0. The molecule has 3 heterocycles. The number of piperazine rings is 1. The van der Waals surface area contributed by atoms with Crippen LogP contribution < -0.4 is 20.0 Å². The van der Waals surface area contributed by atoms with Gasteiger partial charge in [-0.25, -0.2) is 4.79 Å². The summed E-state index contributed by atoms with van der Waals surface area (Å²) in [6, 6.07) is 12.1. The van der Waals surface area contributed by atoms with E-state index in [1.165, 1.54) is 12.6 Å². The van der Waals surface area contributed by atoms with E-state index in [1.54, 1.807) is 4.90 Å². The van der Waals surface area contributed by atoms with Crippen molar-refractivity contribution >= 4 is 29.1 Å². The molecule has 2 aliphatic heterocycles. The van der Waals surface area contributed by atoms with Gasteiger partial charge in [0.25, 0.3) is 0 Å². The summed E-state index contributed by atoms with van der Waals surface area (Å²) in [5.41, 5.74) is 3.15. The van der Waals surface area contributed by atoms with E-state index in [1.807, 2.05) is 48.8 Å². The van der Waals surface area contributed by atoms with Crippen molar-refractivity contribution in [3.63, 3.8) is 0 Å². The lowest BCUT2D eigenvalue weighted by molar-refractivity contribution is -0.119. The van der Waals surface area contributed by atoms with Gasteiger partial charge in [-0.15, -0.1) is 0 Å². The Labute approximate surface area is 170 Å².